The van der Waals surface area contributed by atoms with Gasteiger partial charge in [0.2, 0.25) is 0 Å². The number of rotatable bonds is 4. The highest BCUT2D eigenvalue weighted by atomic mass is 35.5. The van der Waals surface area contributed by atoms with Crippen molar-refractivity contribution < 1.29 is 4.39 Å². The zero-order valence-corrected chi connectivity index (χ0v) is 16.2. The molecule has 0 saturated heterocycles. The number of anilines is 2. The first-order valence-corrected chi connectivity index (χ1v) is 8.95. The first-order valence-electron chi connectivity index (χ1n) is 7.41. The number of benzene rings is 2. The average Bonchev–Trinajstić information content (AvgIpc) is 2.92. The Morgan fingerprint density at radius 2 is 1.73 bits per heavy atom. The molecule has 0 radical (unpaired) electrons. The highest BCUT2D eigenvalue weighted by Crippen LogP contribution is 2.24. The molecule has 26 heavy (non-hydrogen) atoms. The molecular formula is C17H12Cl3FN4S. The summed E-state index contributed by atoms with van der Waals surface area (Å²) < 4.78 is 14.6. The van der Waals surface area contributed by atoms with E-state index in [1.807, 2.05) is 6.07 Å². The van der Waals surface area contributed by atoms with Gasteiger partial charge in [-0.05, 0) is 54.2 Å². The van der Waals surface area contributed by atoms with Crippen molar-refractivity contribution >= 4 is 63.6 Å². The van der Waals surface area contributed by atoms with Crippen LogP contribution in [0.2, 0.25) is 15.1 Å². The largest absolute Gasteiger partial charge is 0.332 e. The van der Waals surface area contributed by atoms with Gasteiger partial charge < -0.3 is 10.6 Å². The normalized spacial score (nSPS) is 10.6. The number of thiocarbonyl (C=S) groups is 1. The van der Waals surface area contributed by atoms with Gasteiger partial charge in [0.25, 0.3) is 0 Å². The van der Waals surface area contributed by atoms with Gasteiger partial charge in [-0.2, -0.15) is 5.10 Å². The van der Waals surface area contributed by atoms with Gasteiger partial charge in [0, 0.05) is 11.9 Å². The molecule has 0 aliphatic carbocycles. The van der Waals surface area contributed by atoms with Gasteiger partial charge in [0.05, 0.1) is 16.6 Å². The van der Waals surface area contributed by atoms with Crippen LogP contribution in [0.3, 0.4) is 0 Å². The van der Waals surface area contributed by atoms with E-state index in [4.69, 9.17) is 47.0 Å². The number of nitrogens with zero attached hydrogens (tertiary/aromatic N) is 2. The molecule has 134 valence electrons. The first kappa shape index (κ1) is 18.9. The van der Waals surface area contributed by atoms with Crippen LogP contribution in [0.25, 0.3) is 0 Å². The van der Waals surface area contributed by atoms with Gasteiger partial charge in [-0.1, -0.05) is 40.9 Å². The van der Waals surface area contributed by atoms with E-state index in [9.17, 15) is 4.39 Å². The van der Waals surface area contributed by atoms with Crippen LogP contribution in [0.15, 0.2) is 48.7 Å². The molecule has 0 saturated carbocycles. The quantitative estimate of drug-likeness (QED) is 0.511. The maximum atomic E-state index is 12.9. The summed E-state index contributed by atoms with van der Waals surface area (Å²) >= 11 is 23.4. The Morgan fingerprint density at radius 1 is 1.00 bits per heavy atom. The lowest BCUT2D eigenvalue weighted by molar-refractivity contribution is 0.628. The zero-order valence-electron chi connectivity index (χ0n) is 13.1. The fourth-order valence-electron chi connectivity index (χ4n) is 2.19. The molecule has 0 amide bonds. The smallest absolute Gasteiger partial charge is 0.176 e. The van der Waals surface area contributed by atoms with Crippen LogP contribution in [-0.4, -0.2) is 14.9 Å². The van der Waals surface area contributed by atoms with Crippen LogP contribution >= 0.6 is 47.0 Å². The molecule has 0 aliphatic rings. The Kier molecular flexibility index (Phi) is 5.98. The molecule has 0 bridgehead atoms. The second-order valence-corrected chi connectivity index (χ2v) is 6.99. The molecule has 0 unspecified atom stereocenters. The molecule has 0 aliphatic heterocycles. The predicted octanol–water partition coefficient (Wildman–Crippen LogP) is 5.84. The van der Waals surface area contributed by atoms with E-state index in [2.05, 4.69) is 15.7 Å². The van der Waals surface area contributed by atoms with Crippen molar-refractivity contribution in [1.82, 2.24) is 9.78 Å². The molecular weight excluding hydrogens is 418 g/mol. The summed E-state index contributed by atoms with van der Waals surface area (Å²) in [5.74, 6) is 0.0878. The van der Waals surface area contributed by atoms with Crippen LogP contribution in [0.5, 0.6) is 0 Å². The number of nitrogens with one attached hydrogen (secondary N) is 2. The first-order chi connectivity index (χ1) is 12.4. The fourth-order valence-corrected chi connectivity index (χ4v) is 2.92. The van der Waals surface area contributed by atoms with Crippen molar-refractivity contribution in [1.29, 1.82) is 0 Å². The molecule has 3 rings (SSSR count). The van der Waals surface area contributed by atoms with Crippen LogP contribution in [-0.2, 0) is 6.54 Å². The molecule has 0 fully saturated rings. The molecule has 4 nitrogen and oxygen atoms in total. The SMILES string of the molecule is Fc1ccc(NC(=S)Nc2nn(Cc3ccc(Cl)c(Cl)c3)cc2Cl)cc1. The zero-order chi connectivity index (χ0) is 18.7. The van der Waals surface area contributed by atoms with Gasteiger partial charge in [-0.15, -0.1) is 0 Å². The monoisotopic (exact) mass is 428 g/mol. The molecule has 2 aromatic carbocycles. The number of hydrogen-bond acceptors (Lipinski definition) is 2. The Morgan fingerprint density at radius 3 is 2.42 bits per heavy atom. The van der Waals surface area contributed by atoms with E-state index < -0.39 is 0 Å². The van der Waals surface area contributed by atoms with Crippen molar-refractivity contribution in [3.63, 3.8) is 0 Å². The van der Waals surface area contributed by atoms with Crippen molar-refractivity contribution in [2.75, 3.05) is 10.6 Å². The Bertz CT molecular complexity index is 944. The minimum absolute atomic E-state index is 0.290. The minimum atomic E-state index is -0.321. The maximum Gasteiger partial charge on any atom is 0.176 e. The van der Waals surface area contributed by atoms with E-state index in [1.54, 1.807) is 35.1 Å². The third-order valence-corrected chi connectivity index (χ3v) is 4.60. The van der Waals surface area contributed by atoms with E-state index in [0.717, 1.165) is 5.56 Å². The molecule has 2 N–H and O–H groups in total. The Hall–Kier alpha value is -1.86. The molecule has 1 aromatic heterocycles. The number of aromatic nitrogens is 2. The van der Waals surface area contributed by atoms with E-state index in [0.29, 0.717) is 38.2 Å². The topological polar surface area (TPSA) is 41.9 Å². The van der Waals surface area contributed by atoms with Gasteiger partial charge >= 0.3 is 0 Å². The van der Waals surface area contributed by atoms with E-state index in [1.165, 1.54) is 12.1 Å². The second kappa shape index (κ2) is 8.22. The van der Waals surface area contributed by atoms with Gasteiger partial charge in [-0.25, -0.2) is 4.39 Å². The van der Waals surface area contributed by atoms with Crippen molar-refractivity contribution in [3.8, 4) is 0 Å². The highest BCUT2D eigenvalue weighted by Gasteiger charge is 2.10. The molecule has 1 heterocycles. The van der Waals surface area contributed by atoms with Crippen LogP contribution in [0, 0.1) is 5.82 Å². The third kappa shape index (κ3) is 4.86. The van der Waals surface area contributed by atoms with Crippen LogP contribution in [0.1, 0.15) is 5.56 Å². The summed E-state index contributed by atoms with van der Waals surface area (Å²) in [5.41, 5.74) is 1.58. The van der Waals surface area contributed by atoms with Gasteiger partial charge in [0.15, 0.2) is 10.9 Å². The summed E-state index contributed by atoms with van der Waals surface area (Å²) in [4.78, 5) is 0. The van der Waals surface area contributed by atoms with Crippen molar-refractivity contribution in [2.24, 2.45) is 0 Å². The number of halogens is 4. The van der Waals surface area contributed by atoms with Crippen LogP contribution < -0.4 is 10.6 Å². The van der Waals surface area contributed by atoms with Crippen molar-refractivity contribution in [3.05, 3.63) is 75.1 Å². The van der Waals surface area contributed by atoms with Crippen LogP contribution in [0.4, 0.5) is 15.9 Å². The lowest BCUT2D eigenvalue weighted by Gasteiger charge is -2.09. The van der Waals surface area contributed by atoms with Gasteiger partial charge in [0.1, 0.15) is 10.8 Å². The summed E-state index contributed by atoms with van der Waals surface area (Å²) in [7, 11) is 0. The fraction of sp³-hybridized carbons (Fsp3) is 0.0588. The average molecular weight is 430 g/mol. The standard InChI is InChI=1S/C17H12Cl3FN4S/c18-13-6-1-10(7-14(13)19)8-25-9-15(20)16(24-25)23-17(26)22-12-4-2-11(21)3-5-12/h1-7,9H,8H2,(H2,22,23,24,26). The number of hydrogen-bond donors (Lipinski definition) is 2. The maximum absolute atomic E-state index is 12.9. The van der Waals surface area contributed by atoms with E-state index in [-0.39, 0.29) is 5.82 Å². The molecule has 9 heteroatoms. The minimum Gasteiger partial charge on any atom is -0.332 e. The highest BCUT2D eigenvalue weighted by molar-refractivity contribution is 7.80. The molecule has 3 aromatic rings. The summed E-state index contributed by atoms with van der Waals surface area (Å²) in [6.45, 7) is 0.469. The molecule has 0 atom stereocenters. The van der Waals surface area contributed by atoms with E-state index >= 15 is 0 Å². The lowest BCUT2D eigenvalue weighted by atomic mass is 10.2. The van der Waals surface area contributed by atoms with Gasteiger partial charge in [-0.3, -0.25) is 4.68 Å². The molecule has 0 spiro atoms. The van der Waals surface area contributed by atoms with Crippen molar-refractivity contribution in [2.45, 2.75) is 6.54 Å². The lowest BCUT2D eigenvalue weighted by Crippen LogP contribution is -2.19. The Labute approximate surface area is 169 Å². The third-order valence-electron chi connectivity index (χ3n) is 3.38. The Balaban J connectivity index is 1.66. The summed E-state index contributed by atoms with van der Waals surface area (Å²) in [5, 5.41) is 11.9. The summed E-state index contributed by atoms with van der Waals surface area (Å²) in [6.07, 6.45) is 1.67. The predicted molar refractivity (Wildman–Crippen MR) is 109 cm³/mol. The second-order valence-electron chi connectivity index (χ2n) is 5.36. The summed E-state index contributed by atoms with van der Waals surface area (Å²) in [6, 6.07) is 11.2.